The van der Waals surface area contributed by atoms with Gasteiger partial charge in [0, 0.05) is 0 Å². The molecule has 0 heterocycles. The van der Waals surface area contributed by atoms with Gasteiger partial charge < -0.3 is 10.4 Å². The topological polar surface area (TPSA) is 69.6 Å². The van der Waals surface area contributed by atoms with Gasteiger partial charge in [0.1, 0.15) is 6.04 Å². The second-order valence-corrected chi connectivity index (χ2v) is 5.68. The number of carbonyl (C=O) groups excluding carboxylic acids is 1. The normalized spacial score (nSPS) is 14.9. The quantitative estimate of drug-likeness (QED) is 0.719. The third kappa shape index (κ3) is 5.49. The number of amides is 1. The Morgan fingerprint density at radius 1 is 1.17 bits per heavy atom. The van der Waals surface area contributed by atoms with Gasteiger partial charge >= 0.3 is 5.97 Å². The van der Waals surface area contributed by atoms with E-state index in [1.54, 1.807) is 0 Å². The molecule has 0 aliphatic carbocycles. The molecule has 1 amide bonds. The number of likely N-dealkylation sites (N-methyl/N-ethyl adjacent to an activating group) is 1. The van der Waals surface area contributed by atoms with Crippen LogP contribution >= 0.6 is 0 Å². The lowest BCUT2D eigenvalue weighted by atomic mass is 10.00. The molecule has 2 N–H and O–H groups in total. The van der Waals surface area contributed by atoms with E-state index in [4.69, 9.17) is 5.11 Å². The fourth-order valence-corrected chi connectivity index (χ4v) is 2.08. The predicted molar refractivity (Wildman–Crippen MR) is 71.3 cm³/mol. The number of rotatable bonds is 7. The molecular weight excluding hydrogens is 232 g/mol. The van der Waals surface area contributed by atoms with Gasteiger partial charge in [0.25, 0.3) is 0 Å². The third-order valence-electron chi connectivity index (χ3n) is 2.78. The molecule has 2 atom stereocenters. The maximum Gasteiger partial charge on any atom is 0.326 e. The number of aliphatic carboxylic acids is 1. The SMILES string of the molecule is CC(C)C[C@@H](NC(=O)[C@@H](C(C)C)N(C)C)C(=O)O. The van der Waals surface area contributed by atoms with Crippen molar-refractivity contribution in [3.8, 4) is 0 Å². The monoisotopic (exact) mass is 258 g/mol. The summed E-state index contributed by atoms with van der Waals surface area (Å²) in [6, 6.07) is -1.11. The maximum absolute atomic E-state index is 12.1. The first-order chi connectivity index (χ1) is 8.16. The zero-order chi connectivity index (χ0) is 14.5. The van der Waals surface area contributed by atoms with E-state index in [1.165, 1.54) is 0 Å². The van der Waals surface area contributed by atoms with Crippen LogP contribution in [0.1, 0.15) is 34.1 Å². The Bertz CT molecular complexity index is 280. The van der Waals surface area contributed by atoms with Crippen LogP contribution in [-0.2, 0) is 9.59 Å². The van der Waals surface area contributed by atoms with Gasteiger partial charge in [0.15, 0.2) is 0 Å². The van der Waals surface area contributed by atoms with Crippen LogP contribution in [0.3, 0.4) is 0 Å². The van der Waals surface area contributed by atoms with Crippen molar-refractivity contribution in [3.63, 3.8) is 0 Å². The van der Waals surface area contributed by atoms with Gasteiger partial charge in [-0.25, -0.2) is 4.79 Å². The standard InChI is InChI=1S/C13H26N2O3/c1-8(2)7-10(13(17)18)14-12(16)11(9(3)4)15(5)6/h8-11H,7H2,1-6H3,(H,14,16)(H,17,18)/t10-,11-/m1/s1. The van der Waals surface area contributed by atoms with Crippen molar-refractivity contribution in [2.24, 2.45) is 11.8 Å². The number of carboxylic acids is 1. The molecule has 0 unspecified atom stereocenters. The van der Waals surface area contributed by atoms with Crippen LogP contribution in [0, 0.1) is 11.8 Å². The number of nitrogens with one attached hydrogen (secondary N) is 1. The fraction of sp³-hybridized carbons (Fsp3) is 0.846. The number of carbonyl (C=O) groups is 2. The summed E-state index contributed by atoms with van der Waals surface area (Å²) in [7, 11) is 3.64. The number of hydrogen-bond acceptors (Lipinski definition) is 3. The third-order valence-corrected chi connectivity index (χ3v) is 2.78. The molecule has 106 valence electrons. The molecular formula is C13H26N2O3. The first-order valence-corrected chi connectivity index (χ1v) is 6.36. The van der Waals surface area contributed by atoms with E-state index in [0.29, 0.717) is 6.42 Å². The summed E-state index contributed by atoms with van der Waals surface area (Å²) >= 11 is 0. The minimum atomic E-state index is -0.974. The van der Waals surface area contributed by atoms with Crippen molar-refractivity contribution < 1.29 is 14.7 Å². The van der Waals surface area contributed by atoms with E-state index in [0.717, 1.165) is 0 Å². The summed E-state index contributed by atoms with van der Waals surface area (Å²) in [5.74, 6) is -0.835. The molecule has 0 bridgehead atoms. The van der Waals surface area contributed by atoms with Gasteiger partial charge in [-0.1, -0.05) is 27.7 Å². The highest BCUT2D eigenvalue weighted by Gasteiger charge is 2.28. The van der Waals surface area contributed by atoms with Crippen molar-refractivity contribution in [1.29, 1.82) is 0 Å². The Balaban J connectivity index is 4.71. The van der Waals surface area contributed by atoms with Crippen LogP contribution in [0.5, 0.6) is 0 Å². The first-order valence-electron chi connectivity index (χ1n) is 6.36. The molecule has 5 heteroatoms. The summed E-state index contributed by atoms with van der Waals surface area (Å²) in [5.41, 5.74) is 0. The lowest BCUT2D eigenvalue weighted by molar-refractivity contribution is -0.143. The lowest BCUT2D eigenvalue weighted by Gasteiger charge is -2.28. The van der Waals surface area contributed by atoms with E-state index in [1.807, 2.05) is 46.7 Å². The van der Waals surface area contributed by atoms with Gasteiger partial charge in [0.05, 0.1) is 6.04 Å². The molecule has 0 saturated heterocycles. The van der Waals surface area contributed by atoms with E-state index < -0.39 is 12.0 Å². The summed E-state index contributed by atoms with van der Waals surface area (Å²) < 4.78 is 0. The van der Waals surface area contributed by atoms with E-state index in [-0.39, 0.29) is 23.8 Å². The summed E-state index contributed by atoms with van der Waals surface area (Å²) in [5, 5.41) is 11.7. The van der Waals surface area contributed by atoms with Crippen LogP contribution in [0.2, 0.25) is 0 Å². The van der Waals surface area contributed by atoms with Crippen molar-refractivity contribution in [3.05, 3.63) is 0 Å². The smallest absolute Gasteiger partial charge is 0.326 e. The van der Waals surface area contributed by atoms with Gasteiger partial charge in [-0.05, 0) is 32.4 Å². The Labute approximate surface area is 110 Å². The van der Waals surface area contributed by atoms with Gasteiger partial charge in [0.2, 0.25) is 5.91 Å². The molecule has 0 saturated carbocycles. The molecule has 18 heavy (non-hydrogen) atoms. The molecule has 0 aliphatic heterocycles. The van der Waals surface area contributed by atoms with Crippen molar-refractivity contribution in [2.45, 2.75) is 46.2 Å². The Morgan fingerprint density at radius 2 is 1.67 bits per heavy atom. The van der Waals surface area contributed by atoms with Crippen molar-refractivity contribution in [1.82, 2.24) is 10.2 Å². The Kier molecular flexibility index (Phi) is 6.91. The number of hydrogen-bond donors (Lipinski definition) is 2. The molecule has 0 radical (unpaired) electrons. The summed E-state index contributed by atoms with van der Waals surface area (Å²) in [6.07, 6.45) is 0.444. The average Bonchev–Trinajstić information content (AvgIpc) is 2.13. The van der Waals surface area contributed by atoms with Gasteiger partial charge in [-0.2, -0.15) is 0 Å². The van der Waals surface area contributed by atoms with Crippen LogP contribution in [0.4, 0.5) is 0 Å². The lowest BCUT2D eigenvalue weighted by Crippen LogP contribution is -2.52. The van der Waals surface area contributed by atoms with Gasteiger partial charge in [-0.15, -0.1) is 0 Å². The van der Waals surface area contributed by atoms with Crippen LogP contribution in [0.25, 0.3) is 0 Å². The van der Waals surface area contributed by atoms with Crippen LogP contribution in [0.15, 0.2) is 0 Å². The fourth-order valence-electron chi connectivity index (χ4n) is 2.08. The summed E-state index contributed by atoms with van der Waals surface area (Å²) in [4.78, 5) is 25.0. The molecule has 0 spiro atoms. The molecule has 0 aliphatic rings. The maximum atomic E-state index is 12.1. The van der Waals surface area contributed by atoms with Gasteiger partial charge in [-0.3, -0.25) is 9.69 Å². The minimum absolute atomic E-state index is 0.133. The second-order valence-electron chi connectivity index (χ2n) is 5.68. The molecule has 0 aromatic rings. The Hall–Kier alpha value is -1.10. The van der Waals surface area contributed by atoms with E-state index >= 15 is 0 Å². The molecule has 0 rings (SSSR count). The second kappa shape index (κ2) is 7.36. The minimum Gasteiger partial charge on any atom is -0.480 e. The molecule has 5 nitrogen and oxygen atoms in total. The average molecular weight is 258 g/mol. The molecule has 0 fully saturated rings. The largest absolute Gasteiger partial charge is 0.480 e. The van der Waals surface area contributed by atoms with E-state index in [2.05, 4.69) is 5.32 Å². The first kappa shape index (κ1) is 16.9. The number of nitrogens with zero attached hydrogens (tertiary/aromatic N) is 1. The van der Waals surface area contributed by atoms with Crippen LogP contribution in [-0.4, -0.2) is 48.1 Å². The molecule has 0 aromatic carbocycles. The van der Waals surface area contributed by atoms with Crippen molar-refractivity contribution >= 4 is 11.9 Å². The highest BCUT2D eigenvalue weighted by molar-refractivity contribution is 5.87. The highest BCUT2D eigenvalue weighted by atomic mass is 16.4. The zero-order valence-electron chi connectivity index (χ0n) is 12.2. The highest BCUT2D eigenvalue weighted by Crippen LogP contribution is 2.10. The van der Waals surface area contributed by atoms with Crippen molar-refractivity contribution in [2.75, 3.05) is 14.1 Å². The van der Waals surface area contributed by atoms with Crippen LogP contribution < -0.4 is 5.32 Å². The van der Waals surface area contributed by atoms with E-state index in [9.17, 15) is 9.59 Å². The summed E-state index contributed by atoms with van der Waals surface area (Å²) in [6.45, 7) is 7.77. The number of carboxylic acid groups (broad SMARTS) is 1. The molecule has 0 aromatic heterocycles. The zero-order valence-corrected chi connectivity index (χ0v) is 12.2. The predicted octanol–water partition coefficient (Wildman–Crippen LogP) is 1.19. The Morgan fingerprint density at radius 3 is 1.94 bits per heavy atom.